The van der Waals surface area contributed by atoms with E-state index in [0.717, 1.165) is 17.7 Å². The first-order valence-electron chi connectivity index (χ1n) is 11.1. The van der Waals surface area contributed by atoms with Gasteiger partial charge in [-0.1, -0.05) is 60.7 Å². The van der Waals surface area contributed by atoms with Crippen molar-refractivity contribution in [3.8, 4) is 0 Å². The number of benzene rings is 2. The highest BCUT2D eigenvalue weighted by Gasteiger charge is 2.32. The summed E-state index contributed by atoms with van der Waals surface area (Å²) in [5.41, 5.74) is 1.64. The molecule has 2 amide bonds. The van der Waals surface area contributed by atoms with Crippen LogP contribution in [0.5, 0.6) is 0 Å². The summed E-state index contributed by atoms with van der Waals surface area (Å²) in [6, 6.07) is 22.5. The molecule has 0 aliphatic carbocycles. The van der Waals surface area contributed by atoms with Crippen molar-refractivity contribution >= 4 is 11.8 Å². The average Bonchev–Trinajstić information content (AvgIpc) is 2.85. The molecule has 0 unspecified atom stereocenters. The van der Waals surface area contributed by atoms with Crippen molar-refractivity contribution in [1.29, 1.82) is 0 Å². The van der Waals surface area contributed by atoms with Crippen molar-refractivity contribution < 1.29 is 9.59 Å². The molecule has 4 rings (SSSR count). The van der Waals surface area contributed by atoms with Gasteiger partial charge in [0.1, 0.15) is 12.1 Å². The Hall–Kier alpha value is -3.71. The molecule has 1 aromatic heterocycles. The fourth-order valence-corrected chi connectivity index (χ4v) is 4.11. The van der Waals surface area contributed by atoms with Gasteiger partial charge in [0.2, 0.25) is 5.91 Å². The zero-order valence-electron chi connectivity index (χ0n) is 18.7. The second-order valence-corrected chi connectivity index (χ2v) is 8.30. The zero-order valence-corrected chi connectivity index (χ0v) is 18.7. The minimum atomic E-state index is -0.455. The van der Waals surface area contributed by atoms with Gasteiger partial charge in [-0.25, -0.2) is 0 Å². The molecule has 7 heteroatoms. The molecule has 0 bridgehead atoms. The van der Waals surface area contributed by atoms with Crippen LogP contribution in [-0.4, -0.2) is 52.9 Å². The molecular formula is C26H28N4O3. The van der Waals surface area contributed by atoms with Gasteiger partial charge in [0.05, 0.1) is 6.04 Å². The third-order valence-corrected chi connectivity index (χ3v) is 5.93. The highest BCUT2D eigenvalue weighted by molar-refractivity contribution is 5.94. The lowest BCUT2D eigenvalue weighted by molar-refractivity contribution is -0.121. The zero-order chi connectivity index (χ0) is 23.2. The Labute approximate surface area is 193 Å². The first-order chi connectivity index (χ1) is 16.0. The molecule has 2 aromatic carbocycles. The van der Waals surface area contributed by atoms with Crippen LogP contribution in [0.2, 0.25) is 0 Å². The van der Waals surface area contributed by atoms with E-state index in [9.17, 15) is 14.4 Å². The van der Waals surface area contributed by atoms with Crippen LogP contribution in [0, 0.1) is 0 Å². The van der Waals surface area contributed by atoms with Crippen molar-refractivity contribution in [1.82, 2.24) is 19.7 Å². The Balaban J connectivity index is 1.50. The SMILES string of the molecule is CN1CCN(C(=O)c2cccn(CC(=O)NCc3ccccc3)c2=O)[C@H](c2ccccc2)C1. The Morgan fingerprint density at radius 1 is 0.939 bits per heavy atom. The van der Waals surface area contributed by atoms with Gasteiger partial charge in [-0.05, 0) is 30.3 Å². The maximum atomic E-state index is 13.5. The molecule has 1 N–H and O–H groups in total. The molecule has 1 aliphatic heterocycles. The van der Waals surface area contributed by atoms with Crippen LogP contribution in [0.15, 0.2) is 83.8 Å². The summed E-state index contributed by atoms with van der Waals surface area (Å²) in [6.45, 7) is 2.20. The maximum Gasteiger partial charge on any atom is 0.263 e. The molecule has 0 spiro atoms. The second kappa shape index (κ2) is 10.3. The number of carbonyl (C=O) groups excluding carboxylic acids is 2. The number of nitrogens with one attached hydrogen (secondary N) is 1. The lowest BCUT2D eigenvalue weighted by Gasteiger charge is -2.40. The summed E-state index contributed by atoms with van der Waals surface area (Å²) in [4.78, 5) is 42.9. The summed E-state index contributed by atoms with van der Waals surface area (Å²) < 4.78 is 1.29. The predicted molar refractivity (Wildman–Crippen MR) is 127 cm³/mol. The fraction of sp³-hybridized carbons (Fsp3) is 0.269. The van der Waals surface area contributed by atoms with Gasteiger partial charge >= 0.3 is 0 Å². The molecule has 3 aromatic rings. The van der Waals surface area contributed by atoms with Gasteiger partial charge in [-0.2, -0.15) is 0 Å². The van der Waals surface area contributed by atoms with Gasteiger partial charge in [0.15, 0.2) is 0 Å². The van der Waals surface area contributed by atoms with E-state index in [0.29, 0.717) is 19.6 Å². The normalized spacial score (nSPS) is 16.4. The lowest BCUT2D eigenvalue weighted by Crippen LogP contribution is -2.50. The number of aromatic nitrogens is 1. The van der Waals surface area contributed by atoms with Crippen LogP contribution < -0.4 is 10.9 Å². The highest BCUT2D eigenvalue weighted by Crippen LogP contribution is 2.26. The molecule has 33 heavy (non-hydrogen) atoms. The predicted octanol–water partition coefficient (Wildman–Crippen LogP) is 2.29. The minimum Gasteiger partial charge on any atom is -0.350 e. The number of nitrogens with zero attached hydrogens (tertiary/aromatic N) is 3. The van der Waals surface area contributed by atoms with Crippen LogP contribution >= 0.6 is 0 Å². The molecule has 1 fully saturated rings. The number of carbonyl (C=O) groups is 2. The number of piperazine rings is 1. The third-order valence-electron chi connectivity index (χ3n) is 5.93. The van der Waals surface area contributed by atoms with Crippen LogP contribution in [0.4, 0.5) is 0 Å². The van der Waals surface area contributed by atoms with Gasteiger partial charge in [0, 0.05) is 32.4 Å². The Bertz CT molecular complexity index is 1160. The van der Waals surface area contributed by atoms with E-state index >= 15 is 0 Å². The Morgan fingerprint density at radius 2 is 1.64 bits per heavy atom. The number of hydrogen-bond donors (Lipinski definition) is 1. The molecule has 170 valence electrons. The van der Waals surface area contributed by atoms with E-state index in [1.54, 1.807) is 23.2 Å². The standard InChI is InChI=1S/C26H28N4O3/c1-28-15-16-30(23(18-28)21-11-6-3-7-12-21)26(33)22-13-8-14-29(25(22)32)19-24(31)27-17-20-9-4-2-5-10-20/h2-14,23H,15-19H2,1H3,(H,27,31)/t23-/m0/s1. The summed E-state index contributed by atoms with van der Waals surface area (Å²) in [6.07, 6.45) is 1.54. The smallest absolute Gasteiger partial charge is 0.263 e. The van der Waals surface area contributed by atoms with Crippen LogP contribution in [0.3, 0.4) is 0 Å². The van der Waals surface area contributed by atoms with E-state index in [-0.39, 0.29) is 30.0 Å². The minimum absolute atomic E-state index is 0.0823. The number of amides is 2. The molecule has 0 radical (unpaired) electrons. The van der Waals surface area contributed by atoms with Crippen LogP contribution in [0.1, 0.15) is 27.5 Å². The Kier molecular flexibility index (Phi) is 7.00. The van der Waals surface area contributed by atoms with Crippen molar-refractivity contribution in [2.75, 3.05) is 26.7 Å². The first kappa shape index (κ1) is 22.5. The highest BCUT2D eigenvalue weighted by atomic mass is 16.2. The first-order valence-corrected chi connectivity index (χ1v) is 11.1. The second-order valence-electron chi connectivity index (χ2n) is 8.30. The topological polar surface area (TPSA) is 74.7 Å². The molecule has 1 atom stereocenters. The van der Waals surface area contributed by atoms with E-state index in [1.807, 2.05) is 67.7 Å². The monoisotopic (exact) mass is 444 g/mol. The number of hydrogen-bond acceptors (Lipinski definition) is 4. The van der Waals surface area contributed by atoms with Crippen molar-refractivity contribution in [2.24, 2.45) is 0 Å². The fourth-order valence-electron chi connectivity index (χ4n) is 4.11. The van der Waals surface area contributed by atoms with Gasteiger partial charge in [-0.3, -0.25) is 14.4 Å². The summed E-state index contributed by atoms with van der Waals surface area (Å²) in [5, 5.41) is 2.82. The quantitative estimate of drug-likeness (QED) is 0.633. The Morgan fingerprint density at radius 3 is 2.36 bits per heavy atom. The van der Waals surface area contributed by atoms with Crippen LogP contribution in [0.25, 0.3) is 0 Å². The molecule has 1 saturated heterocycles. The number of rotatable bonds is 6. The largest absolute Gasteiger partial charge is 0.350 e. The number of pyridine rings is 1. The molecular weight excluding hydrogens is 416 g/mol. The molecule has 1 aliphatic rings. The van der Waals surface area contributed by atoms with Crippen molar-refractivity contribution in [3.63, 3.8) is 0 Å². The number of likely N-dealkylation sites (N-methyl/N-ethyl adjacent to an activating group) is 1. The van der Waals surface area contributed by atoms with E-state index in [4.69, 9.17) is 0 Å². The van der Waals surface area contributed by atoms with Gasteiger partial charge in [-0.15, -0.1) is 0 Å². The average molecular weight is 445 g/mol. The van der Waals surface area contributed by atoms with E-state index in [2.05, 4.69) is 10.2 Å². The molecule has 0 saturated carbocycles. The van der Waals surface area contributed by atoms with Crippen LogP contribution in [-0.2, 0) is 17.9 Å². The van der Waals surface area contributed by atoms with Gasteiger partial charge in [0.25, 0.3) is 11.5 Å². The van der Waals surface area contributed by atoms with E-state index < -0.39 is 5.56 Å². The van der Waals surface area contributed by atoms with E-state index in [1.165, 1.54) is 4.57 Å². The lowest BCUT2D eigenvalue weighted by atomic mass is 10.0. The summed E-state index contributed by atoms with van der Waals surface area (Å²) in [7, 11) is 2.03. The maximum absolute atomic E-state index is 13.5. The van der Waals surface area contributed by atoms with Gasteiger partial charge < -0.3 is 19.7 Å². The van der Waals surface area contributed by atoms with Crippen molar-refractivity contribution in [2.45, 2.75) is 19.1 Å². The summed E-state index contributed by atoms with van der Waals surface area (Å²) in [5.74, 6) is -0.590. The third kappa shape index (κ3) is 5.38. The molecule has 7 nitrogen and oxygen atoms in total. The molecule has 2 heterocycles. The van der Waals surface area contributed by atoms with Crippen molar-refractivity contribution in [3.05, 3.63) is 106 Å². The summed E-state index contributed by atoms with van der Waals surface area (Å²) >= 11 is 0.